The van der Waals surface area contributed by atoms with Crippen LogP contribution in [0.5, 0.6) is 0 Å². The summed E-state index contributed by atoms with van der Waals surface area (Å²) < 4.78 is 18.7. The van der Waals surface area contributed by atoms with E-state index in [1.807, 2.05) is 6.92 Å². The number of ether oxygens (including phenoxy) is 1. The Morgan fingerprint density at radius 2 is 1.91 bits per heavy atom. The minimum Gasteiger partial charge on any atom is -0.466 e. The molecule has 168 valence electrons. The normalized spacial score (nSPS) is 15.8. The summed E-state index contributed by atoms with van der Waals surface area (Å²) in [6, 6.07) is 10.8. The largest absolute Gasteiger partial charge is 0.466 e. The first-order valence-corrected chi connectivity index (χ1v) is 10.1. The Bertz CT molecular complexity index is 1070. The van der Waals surface area contributed by atoms with E-state index in [2.05, 4.69) is 16.0 Å². The van der Waals surface area contributed by atoms with Gasteiger partial charge in [-0.25, -0.2) is 18.8 Å². The highest BCUT2D eigenvalue weighted by molar-refractivity contribution is 6.00. The van der Waals surface area contributed by atoms with E-state index >= 15 is 0 Å². The van der Waals surface area contributed by atoms with E-state index in [-0.39, 0.29) is 11.7 Å². The summed E-state index contributed by atoms with van der Waals surface area (Å²) in [7, 11) is 1.28. The highest BCUT2D eigenvalue weighted by Gasteiger charge is 2.36. The lowest BCUT2D eigenvalue weighted by Gasteiger charge is -2.35. The third-order valence-electron chi connectivity index (χ3n) is 5.05. The first-order valence-electron chi connectivity index (χ1n) is 10.1. The van der Waals surface area contributed by atoms with E-state index < -0.39 is 23.9 Å². The van der Waals surface area contributed by atoms with Gasteiger partial charge in [0, 0.05) is 17.9 Å². The molecule has 1 heterocycles. The lowest BCUT2D eigenvalue weighted by Crippen LogP contribution is -2.48. The van der Waals surface area contributed by atoms with Crippen molar-refractivity contribution in [1.29, 1.82) is 0 Å². The van der Waals surface area contributed by atoms with Gasteiger partial charge in [-0.1, -0.05) is 31.2 Å². The van der Waals surface area contributed by atoms with Crippen molar-refractivity contribution in [3.63, 3.8) is 0 Å². The molecule has 0 aromatic heterocycles. The average Bonchev–Trinajstić information content (AvgIpc) is 2.77. The van der Waals surface area contributed by atoms with Gasteiger partial charge in [-0.3, -0.25) is 4.90 Å². The molecule has 1 aliphatic rings. The Morgan fingerprint density at radius 1 is 1.16 bits per heavy atom. The van der Waals surface area contributed by atoms with Crippen LogP contribution in [-0.4, -0.2) is 36.6 Å². The van der Waals surface area contributed by atoms with Crippen molar-refractivity contribution in [2.75, 3.05) is 24.3 Å². The molecule has 2 aromatic rings. The Balaban J connectivity index is 1.87. The Kier molecular flexibility index (Phi) is 7.09. The second-order valence-electron chi connectivity index (χ2n) is 7.21. The highest BCUT2D eigenvalue weighted by Crippen LogP contribution is 2.32. The number of methoxy groups -OCH3 is 1. The maximum atomic E-state index is 13.8. The smallest absolute Gasteiger partial charge is 0.337 e. The molecule has 0 bridgehead atoms. The fourth-order valence-corrected chi connectivity index (χ4v) is 3.54. The Hall–Kier alpha value is -3.88. The molecular formula is C23H25FN4O4. The number of carbonyl (C=O) groups is 3. The molecule has 1 aliphatic heterocycles. The molecular weight excluding hydrogens is 415 g/mol. The summed E-state index contributed by atoms with van der Waals surface area (Å²) in [5.74, 6) is -1.11. The zero-order chi connectivity index (χ0) is 23.3. The molecule has 1 atom stereocenters. The fraction of sp³-hybridized carbons (Fsp3) is 0.261. The predicted molar refractivity (Wildman–Crippen MR) is 118 cm³/mol. The van der Waals surface area contributed by atoms with E-state index in [1.165, 1.54) is 30.2 Å². The summed E-state index contributed by atoms with van der Waals surface area (Å²) in [5, 5.41) is 7.92. The molecule has 3 N–H and O–H groups in total. The number of hydrogen-bond donors (Lipinski definition) is 3. The second-order valence-corrected chi connectivity index (χ2v) is 7.21. The summed E-state index contributed by atoms with van der Waals surface area (Å²) >= 11 is 0. The number of carbonyl (C=O) groups excluding carboxylic acids is 3. The minimum absolute atomic E-state index is 0.0447. The van der Waals surface area contributed by atoms with Crippen LogP contribution in [0.25, 0.3) is 0 Å². The van der Waals surface area contributed by atoms with Gasteiger partial charge in [0.1, 0.15) is 5.82 Å². The molecule has 8 nitrogen and oxygen atoms in total. The Morgan fingerprint density at radius 3 is 2.59 bits per heavy atom. The summed E-state index contributed by atoms with van der Waals surface area (Å²) in [6.07, 6.45) is 0.723. The van der Waals surface area contributed by atoms with E-state index in [9.17, 15) is 18.8 Å². The molecule has 0 saturated heterocycles. The summed E-state index contributed by atoms with van der Waals surface area (Å²) in [6.45, 7) is 4.10. The van der Waals surface area contributed by atoms with Gasteiger partial charge < -0.3 is 20.7 Å². The molecule has 0 saturated carbocycles. The maximum Gasteiger partial charge on any atom is 0.337 e. The first-order chi connectivity index (χ1) is 15.3. The number of anilines is 2. The Labute approximate surface area is 185 Å². The van der Waals surface area contributed by atoms with Crippen molar-refractivity contribution in [2.24, 2.45) is 0 Å². The van der Waals surface area contributed by atoms with Crippen LogP contribution in [0.3, 0.4) is 0 Å². The van der Waals surface area contributed by atoms with E-state index in [0.29, 0.717) is 29.1 Å². The quantitative estimate of drug-likeness (QED) is 0.580. The molecule has 1 unspecified atom stereocenters. The molecule has 3 rings (SSSR count). The van der Waals surface area contributed by atoms with Gasteiger partial charge >= 0.3 is 18.0 Å². The third kappa shape index (κ3) is 4.88. The van der Waals surface area contributed by atoms with E-state index in [4.69, 9.17) is 4.74 Å². The lowest BCUT2D eigenvalue weighted by molar-refractivity contribution is -0.136. The van der Waals surface area contributed by atoms with E-state index in [0.717, 1.165) is 6.42 Å². The molecule has 4 amide bonds. The first kappa shape index (κ1) is 22.8. The highest BCUT2D eigenvalue weighted by atomic mass is 19.1. The van der Waals surface area contributed by atoms with Crippen molar-refractivity contribution in [2.45, 2.75) is 26.3 Å². The fourth-order valence-electron chi connectivity index (χ4n) is 3.54. The van der Waals surface area contributed by atoms with Crippen molar-refractivity contribution in [3.05, 3.63) is 71.2 Å². The van der Waals surface area contributed by atoms with Gasteiger partial charge in [0.2, 0.25) is 0 Å². The van der Waals surface area contributed by atoms with Crippen molar-refractivity contribution in [3.8, 4) is 0 Å². The van der Waals surface area contributed by atoms with Crippen molar-refractivity contribution in [1.82, 2.24) is 10.2 Å². The van der Waals surface area contributed by atoms with Gasteiger partial charge in [-0.15, -0.1) is 0 Å². The summed E-state index contributed by atoms with van der Waals surface area (Å²) in [4.78, 5) is 39.0. The SMILES string of the molecule is CCCN1C(=O)NC(c2cccc(NC(=O)Nc3ccccc3F)c2)C(C(=O)OC)=C1C. The number of benzene rings is 2. The van der Waals surface area contributed by atoms with Crippen LogP contribution in [0.4, 0.5) is 25.4 Å². The number of allylic oxidation sites excluding steroid dienone is 1. The molecule has 9 heteroatoms. The maximum absolute atomic E-state index is 13.8. The summed E-state index contributed by atoms with van der Waals surface area (Å²) in [5.41, 5.74) is 1.86. The zero-order valence-electron chi connectivity index (χ0n) is 18.1. The van der Waals surface area contributed by atoms with Gasteiger partial charge in [-0.05, 0) is 43.2 Å². The number of hydrogen-bond acceptors (Lipinski definition) is 4. The zero-order valence-corrected chi connectivity index (χ0v) is 18.1. The average molecular weight is 440 g/mol. The molecule has 32 heavy (non-hydrogen) atoms. The monoisotopic (exact) mass is 440 g/mol. The molecule has 0 fully saturated rings. The van der Waals surface area contributed by atoms with Crippen LogP contribution in [0, 0.1) is 5.82 Å². The number of para-hydroxylation sites is 1. The van der Waals surface area contributed by atoms with Crippen LogP contribution < -0.4 is 16.0 Å². The van der Waals surface area contributed by atoms with Crippen LogP contribution in [0.15, 0.2) is 59.8 Å². The van der Waals surface area contributed by atoms with Gasteiger partial charge in [0.05, 0.1) is 24.4 Å². The van der Waals surface area contributed by atoms with E-state index in [1.54, 1.807) is 37.3 Å². The number of rotatable bonds is 6. The van der Waals surface area contributed by atoms with Crippen LogP contribution in [0.1, 0.15) is 31.9 Å². The number of nitrogens with zero attached hydrogens (tertiary/aromatic N) is 1. The van der Waals surface area contributed by atoms with Crippen molar-refractivity contribution < 1.29 is 23.5 Å². The van der Waals surface area contributed by atoms with Crippen LogP contribution >= 0.6 is 0 Å². The van der Waals surface area contributed by atoms with Crippen molar-refractivity contribution >= 4 is 29.4 Å². The topological polar surface area (TPSA) is 99.8 Å². The molecule has 0 aliphatic carbocycles. The number of halogens is 1. The standard InChI is InChI=1S/C23H25FN4O4/c1-4-12-28-14(2)19(21(29)32-3)20(27-23(28)31)15-8-7-9-16(13-15)25-22(30)26-18-11-6-5-10-17(18)24/h5-11,13,20H,4,12H2,1-3H3,(H,27,31)(H2,25,26,30). The van der Waals surface area contributed by atoms with Gasteiger partial charge in [0.15, 0.2) is 0 Å². The van der Waals surface area contributed by atoms with Crippen LogP contribution in [-0.2, 0) is 9.53 Å². The second kappa shape index (κ2) is 9.95. The number of nitrogens with one attached hydrogen (secondary N) is 3. The van der Waals surface area contributed by atoms with Gasteiger partial charge in [0.25, 0.3) is 0 Å². The third-order valence-corrected chi connectivity index (χ3v) is 5.05. The molecule has 2 aromatic carbocycles. The van der Waals surface area contributed by atoms with Crippen LogP contribution in [0.2, 0.25) is 0 Å². The number of esters is 1. The lowest BCUT2D eigenvalue weighted by atomic mass is 9.94. The molecule has 0 spiro atoms. The number of amides is 4. The number of urea groups is 2. The minimum atomic E-state index is -0.751. The molecule has 0 radical (unpaired) electrons. The predicted octanol–water partition coefficient (Wildman–Crippen LogP) is 4.39. The van der Waals surface area contributed by atoms with Gasteiger partial charge in [-0.2, -0.15) is 0 Å².